The highest BCUT2D eigenvalue weighted by molar-refractivity contribution is 5.14. The minimum atomic E-state index is 0.891. The summed E-state index contributed by atoms with van der Waals surface area (Å²) in [5, 5.41) is 3.56. The third-order valence-electron chi connectivity index (χ3n) is 5.81. The van der Waals surface area contributed by atoms with Crippen LogP contribution in [0.3, 0.4) is 0 Å². The monoisotopic (exact) mass is 387 g/mol. The summed E-state index contributed by atoms with van der Waals surface area (Å²) >= 11 is 0. The van der Waals surface area contributed by atoms with Crippen molar-refractivity contribution >= 4 is 0 Å². The first kappa shape index (κ1) is 25.2. The van der Waals surface area contributed by atoms with Crippen molar-refractivity contribution in [3.8, 4) is 0 Å². The Morgan fingerprint density at radius 3 is 1.46 bits per heavy atom. The maximum atomic E-state index is 3.56. The fraction of sp³-hybridized carbons (Fsp3) is 0.778. The highest BCUT2D eigenvalue weighted by Gasteiger charge is 1.96. The van der Waals surface area contributed by atoms with Crippen LogP contribution in [0.1, 0.15) is 122 Å². The molecule has 0 atom stereocenters. The van der Waals surface area contributed by atoms with Crippen molar-refractivity contribution in [1.29, 1.82) is 0 Å². The maximum absolute atomic E-state index is 3.56. The van der Waals surface area contributed by atoms with Crippen molar-refractivity contribution < 1.29 is 0 Å². The molecule has 0 aliphatic carbocycles. The van der Waals surface area contributed by atoms with Crippen LogP contribution in [0.2, 0.25) is 0 Å². The van der Waals surface area contributed by atoms with E-state index in [4.69, 9.17) is 0 Å². The summed E-state index contributed by atoms with van der Waals surface area (Å²) < 4.78 is 0. The second kappa shape index (κ2) is 19.5. The third-order valence-corrected chi connectivity index (χ3v) is 5.81. The van der Waals surface area contributed by atoms with E-state index in [-0.39, 0.29) is 0 Å². The van der Waals surface area contributed by atoms with Gasteiger partial charge in [0.05, 0.1) is 0 Å². The Morgan fingerprint density at radius 2 is 1.00 bits per heavy atom. The van der Waals surface area contributed by atoms with Gasteiger partial charge in [0.25, 0.3) is 0 Å². The van der Waals surface area contributed by atoms with Gasteiger partial charge < -0.3 is 5.32 Å². The fourth-order valence-electron chi connectivity index (χ4n) is 3.93. The van der Waals surface area contributed by atoms with E-state index in [1.54, 1.807) is 0 Å². The molecule has 0 radical (unpaired) electrons. The van der Waals surface area contributed by atoms with Crippen molar-refractivity contribution in [3.05, 3.63) is 35.9 Å². The van der Waals surface area contributed by atoms with Gasteiger partial charge in [-0.1, -0.05) is 140 Å². The average Bonchev–Trinajstić information content (AvgIpc) is 2.70. The number of nitrogens with one attached hydrogen (secondary N) is 1. The Bertz CT molecular complexity index is 412. The third kappa shape index (κ3) is 17.3. The lowest BCUT2D eigenvalue weighted by Gasteiger charge is -2.06. The minimum Gasteiger partial charge on any atom is -0.313 e. The van der Waals surface area contributed by atoms with E-state index in [0.29, 0.717) is 0 Å². The Kier molecular flexibility index (Phi) is 17.6. The molecular weight excluding hydrogens is 338 g/mol. The molecule has 0 amide bonds. The molecule has 1 N–H and O–H groups in total. The van der Waals surface area contributed by atoms with Crippen LogP contribution in [0.15, 0.2) is 30.3 Å². The lowest BCUT2D eigenvalue weighted by Crippen LogP contribution is -2.14. The fourth-order valence-corrected chi connectivity index (χ4v) is 3.93. The normalized spacial score (nSPS) is 11.4. The van der Waals surface area contributed by atoms with E-state index in [2.05, 4.69) is 49.5 Å². The van der Waals surface area contributed by atoms with Crippen LogP contribution in [0.25, 0.3) is 0 Å². The number of unbranched alkanes of at least 4 members (excludes halogenated alkanes) is 14. The van der Waals surface area contributed by atoms with E-state index < -0.39 is 0 Å². The van der Waals surface area contributed by atoms with Gasteiger partial charge in [-0.25, -0.2) is 0 Å². The summed E-state index contributed by atoms with van der Waals surface area (Å²) in [6.45, 7) is 6.85. The van der Waals surface area contributed by atoms with Gasteiger partial charge in [0.1, 0.15) is 0 Å². The molecule has 0 spiro atoms. The molecule has 1 aromatic rings. The Hall–Kier alpha value is -0.820. The molecule has 0 aromatic heterocycles. The molecule has 0 fully saturated rings. The van der Waals surface area contributed by atoms with Crippen molar-refractivity contribution in [3.63, 3.8) is 0 Å². The quantitative estimate of drug-likeness (QED) is 0.221. The molecule has 0 saturated carbocycles. The first-order valence-electron chi connectivity index (χ1n) is 12.5. The van der Waals surface area contributed by atoms with Crippen molar-refractivity contribution in [1.82, 2.24) is 5.32 Å². The van der Waals surface area contributed by atoms with Gasteiger partial charge in [0.2, 0.25) is 0 Å². The molecule has 0 aliphatic heterocycles. The Labute approximate surface area is 177 Å². The van der Waals surface area contributed by atoms with Crippen LogP contribution in [-0.4, -0.2) is 6.54 Å². The minimum absolute atomic E-state index is 0.891. The van der Waals surface area contributed by atoms with Gasteiger partial charge in [-0.15, -0.1) is 0 Å². The first-order valence-corrected chi connectivity index (χ1v) is 12.5. The molecule has 0 saturated heterocycles. The van der Waals surface area contributed by atoms with Gasteiger partial charge in [0, 0.05) is 6.54 Å². The molecule has 162 valence electrons. The van der Waals surface area contributed by atoms with E-state index in [9.17, 15) is 0 Å². The molecule has 0 heterocycles. The van der Waals surface area contributed by atoms with Crippen molar-refractivity contribution in [2.24, 2.45) is 5.92 Å². The summed E-state index contributed by atoms with van der Waals surface area (Å²) in [4.78, 5) is 0. The number of rotatable bonds is 20. The van der Waals surface area contributed by atoms with Crippen LogP contribution in [0.5, 0.6) is 0 Å². The van der Waals surface area contributed by atoms with E-state index in [0.717, 1.165) is 19.0 Å². The van der Waals surface area contributed by atoms with Crippen LogP contribution in [-0.2, 0) is 6.54 Å². The predicted octanol–water partition coefficient (Wildman–Crippen LogP) is 8.67. The van der Waals surface area contributed by atoms with Gasteiger partial charge >= 0.3 is 0 Å². The second-order valence-electron chi connectivity index (χ2n) is 9.15. The zero-order valence-electron chi connectivity index (χ0n) is 19.2. The van der Waals surface area contributed by atoms with Crippen LogP contribution in [0, 0.1) is 5.92 Å². The lowest BCUT2D eigenvalue weighted by atomic mass is 10.0. The molecule has 0 unspecified atom stereocenters. The zero-order chi connectivity index (χ0) is 20.1. The van der Waals surface area contributed by atoms with Crippen molar-refractivity contribution in [2.45, 2.75) is 123 Å². The topological polar surface area (TPSA) is 12.0 Å². The smallest absolute Gasteiger partial charge is 0.0205 e. The van der Waals surface area contributed by atoms with E-state index in [1.165, 1.54) is 108 Å². The molecule has 0 bridgehead atoms. The largest absolute Gasteiger partial charge is 0.313 e. The highest BCUT2D eigenvalue weighted by Crippen LogP contribution is 2.14. The summed E-state index contributed by atoms with van der Waals surface area (Å²) in [7, 11) is 0. The molecule has 1 rings (SSSR count). The van der Waals surface area contributed by atoms with Crippen LogP contribution < -0.4 is 5.32 Å². The standard InChI is InChI=1S/C27H49N/c1-26(2)21-17-14-12-10-8-6-4-3-5-7-9-11-13-15-20-24-28-25-27-22-18-16-19-23-27/h16,18-19,22-23,26,28H,3-15,17,20-21,24-25H2,1-2H3. The number of benzene rings is 1. The number of hydrogen-bond donors (Lipinski definition) is 1. The summed E-state index contributed by atoms with van der Waals surface area (Å²) in [5.41, 5.74) is 1.39. The molecule has 1 aromatic carbocycles. The van der Waals surface area contributed by atoms with E-state index in [1.807, 2.05) is 0 Å². The Balaban J connectivity index is 1.68. The van der Waals surface area contributed by atoms with Crippen LogP contribution in [0.4, 0.5) is 0 Å². The SMILES string of the molecule is CC(C)CCCCCCCCCCCCCCCCCNCc1ccccc1. The number of hydrogen-bond acceptors (Lipinski definition) is 1. The summed E-state index contributed by atoms with van der Waals surface area (Å²) in [5.74, 6) is 0.891. The van der Waals surface area contributed by atoms with E-state index >= 15 is 0 Å². The maximum Gasteiger partial charge on any atom is 0.0205 e. The Morgan fingerprint density at radius 1 is 0.571 bits per heavy atom. The summed E-state index contributed by atoms with van der Waals surface area (Å²) in [6, 6.07) is 10.7. The zero-order valence-corrected chi connectivity index (χ0v) is 19.2. The molecule has 0 aliphatic rings. The second-order valence-corrected chi connectivity index (χ2v) is 9.15. The van der Waals surface area contributed by atoms with Gasteiger partial charge in [0.15, 0.2) is 0 Å². The van der Waals surface area contributed by atoms with Crippen LogP contribution >= 0.6 is 0 Å². The van der Waals surface area contributed by atoms with Gasteiger partial charge in [-0.05, 0) is 24.4 Å². The average molecular weight is 388 g/mol. The lowest BCUT2D eigenvalue weighted by molar-refractivity contribution is 0.501. The molecular formula is C27H49N. The first-order chi connectivity index (χ1) is 13.8. The molecule has 1 heteroatoms. The molecule has 28 heavy (non-hydrogen) atoms. The van der Waals surface area contributed by atoms with Crippen molar-refractivity contribution in [2.75, 3.05) is 6.54 Å². The van der Waals surface area contributed by atoms with Gasteiger partial charge in [-0.3, -0.25) is 0 Å². The highest BCUT2D eigenvalue weighted by atomic mass is 14.8. The van der Waals surface area contributed by atoms with Gasteiger partial charge in [-0.2, -0.15) is 0 Å². The summed E-state index contributed by atoms with van der Waals surface area (Å²) in [6.07, 6.45) is 23.1. The molecule has 1 nitrogen and oxygen atoms in total. The predicted molar refractivity (Wildman–Crippen MR) is 127 cm³/mol.